The monoisotopic (exact) mass is 688 g/mol. The third kappa shape index (κ3) is 5.62. The fraction of sp³-hybridized carbons (Fsp3) is 0. The third-order valence-electron chi connectivity index (χ3n) is 10.6. The predicted molar refractivity (Wildman–Crippen MR) is 229 cm³/mol. The second-order valence-corrected chi connectivity index (χ2v) is 13.8. The van der Waals surface area contributed by atoms with Crippen LogP contribution in [0.4, 0.5) is 17.1 Å². The number of para-hydroxylation sites is 3. The average molecular weight is 689 g/mol. The van der Waals surface area contributed by atoms with Gasteiger partial charge >= 0.3 is 0 Å². The van der Waals surface area contributed by atoms with Gasteiger partial charge in [-0.25, -0.2) is 0 Å². The Morgan fingerprint density at radius 2 is 0.759 bits per heavy atom. The van der Waals surface area contributed by atoms with E-state index in [9.17, 15) is 0 Å². The maximum Gasteiger partial charge on any atom is 0.0541 e. The van der Waals surface area contributed by atoms with Crippen molar-refractivity contribution in [2.24, 2.45) is 0 Å². The van der Waals surface area contributed by atoms with Crippen LogP contribution < -0.4 is 4.90 Å². The molecule has 54 heavy (non-hydrogen) atoms. The first-order valence-corrected chi connectivity index (χ1v) is 18.5. The maximum atomic E-state index is 2.36. The number of benzene rings is 9. The first-order chi connectivity index (χ1) is 26.8. The molecule has 0 unspecified atom stereocenters. The van der Waals surface area contributed by atoms with Crippen molar-refractivity contribution < 1.29 is 0 Å². The Kier molecular flexibility index (Phi) is 7.85. The quantitative estimate of drug-likeness (QED) is 0.162. The van der Waals surface area contributed by atoms with Crippen molar-refractivity contribution in [1.82, 2.24) is 4.57 Å². The molecule has 1 aromatic heterocycles. The lowest BCUT2D eigenvalue weighted by atomic mass is 9.97. The van der Waals surface area contributed by atoms with Crippen LogP contribution in [0.2, 0.25) is 0 Å². The van der Waals surface area contributed by atoms with Gasteiger partial charge in [0.2, 0.25) is 0 Å². The molecule has 0 aliphatic carbocycles. The van der Waals surface area contributed by atoms with Crippen LogP contribution >= 0.6 is 0 Å². The van der Waals surface area contributed by atoms with Crippen molar-refractivity contribution in [3.8, 4) is 39.1 Å². The van der Waals surface area contributed by atoms with Gasteiger partial charge in [0.15, 0.2) is 0 Å². The SMILES string of the molecule is c1ccc(N(c2ccc(-c3ccc(-c4ccc(-c5ccc6c(c5)c5ccccc5n6-c5ccccc5)cc4)cc3)cc2)c2cccc3ccccc23)cc1. The number of rotatable bonds is 7. The summed E-state index contributed by atoms with van der Waals surface area (Å²) in [6.45, 7) is 0. The van der Waals surface area contributed by atoms with Gasteiger partial charge < -0.3 is 9.47 Å². The summed E-state index contributed by atoms with van der Waals surface area (Å²) in [5, 5.41) is 4.99. The standard InChI is InChI=1S/C52H36N2/c1-3-14-44(15-4-1)53(50-21-11-13-42-12-7-8-18-47(42)50)46-33-30-40(31-34-46)39-24-22-37(23-25-39)38-26-28-41(29-27-38)43-32-35-52-49(36-43)48-19-9-10-20-51(48)54(52)45-16-5-2-6-17-45/h1-36H. The minimum Gasteiger partial charge on any atom is -0.310 e. The van der Waals surface area contributed by atoms with E-state index in [1.54, 1.807) is 0 Å². The van der Waals surface area contributed by atoms with E-state index in [1.807, 2.05) is 0 Å². The van der Waals surface area contributed by atoms with Crippen LogP contribution in [0, 0.1) is 0 Å². The molecule has 0 radical (unpaired) electrons. The molecule has 0 saturated carbocycles. The molecule has 0 saturated heterocycles. The molecule has 0 spiro atoms. The van der Waals surface area contributed by atoms with Crippen molar-refractivity contribution in [3.05, 3.63) is 218 Å². The molecular formula is C52H36N2. The van der Waals surface area contributed by atoms with Gasteiger partial charge in [-0.2, -0.15) is 0 Å². The van der Waals surface area contributed by atoms with Gasteiger partial charge in [0, 0.05) is 33.2 Å². The Bertz CT molecular complexity index is 2880. The number of fused-ring (bicyclic) bond motifs is 4. The zero-order valence-electron chi connectivity index (χ0n) is 29.7. The molecule has 9 aromatic carbocycles. The summed E-state index contributed by atoms with van der Waals surface area (Å²) in [6, 6.07) is 78.7. The lowest BCUT2D eigenvalue weighted by Gasteiger charge is -2.27. The number of hydrogen-bond acceptors (Lipinski definition) is 1. The van der Waals surface area contributed by atoms with Crippen molar-refractivity contribution in [2.45, 2.75) is 0 Å². The molecule has 2 nitrogen and oxygen atoms in total. The van der Waals surface area contributed by atoms with Crippen LogP contribution in [0.1, 0.15) is 0 Å². The smallest absolute Gasteiger partial charge is 0.0541 e. The van der Waals surface area contributed by atoms with Crippen LogP contribution in [-0.4, -0.2) is 4.57 Å². The minimum atomic E-state index is 1.12. The van der Waals surface area contributed by atoms with Crippen LogP contribution in [-0.2, 0) is 0 Å². The average Bonchev–Trinajstić information content (AvgIpc) is 3.59. The number of anilines is 3. The highest BCUT2D eigenvalue weighted by atomic mass is 15.1. The summed E-state index contributed by atoms with van der Waals surface area (Å²) in [5.74, 6) is 0. The van der Waals surface area contributed by atoms with Crippen molar-refractivity contribution in [1.29, 1.82) is 0 Å². The first kappa shape index (κ1) is 31.6. The van der Waals surface area contributed by atoms with Crippen molar-refractivity contribution >= 4 is 49.6 Å². The topological polar surface area (TPSA) is 8.17 Å². The zero-order chi connectivity index (χ0) is 35.8. The van der Waals surface area contributed by atoms with Crippen LogP contribution in [0.25, 0.3) is 71.6 Å². The predicted octanol–water partition coefficient (Wildman–Crippen LogP) is 14.4. The van der Waals surface area contributed by atoms with E-state index in [2.05, 4.69) is 228 Å². The molecule has 10 rings (SSSR count). The van der Waals surface area contributed by atoms with E-state index in [0.717, 1.165) is 11.4 Å². The molecule has 0 N–H and O–H groups in total. The molecule has 0 atom stereocenters. The summed E-state index contributed by atoms with van der Waals surface area (Å²) in [7, 11) is 0. The van der Waals surface area contributed by atoms with Gasteiger partial charge in [-0.1, -0.05) is 158 Å². The highest BCUT2D eigenvalue weighted by Crippen LogP contribution is 2.40. The Morgan fingerprint density at radius 3 is 1.43 bits per heavy atom. The molecule has 254 valence electrons. The van der Waals surface area contributed by atoms with Gasteiger partial charge in [-0.05, 0) is 99.4 Å². The van der Waals surface area contributed by atoms with E-state index >= 15 is 0 Å². The van der Waals surface area contributed by atoms with Crippen LogP contribution in [0.5, 0.6) is 0 Å². The lowest BCUT2D eigenvalue weighted by Crippen LogP contribution is -2.10. The lowest BCUT2D eigenvalue weighted by molar-refractivity contribution is 1.18. The van der Waals surface area contributed by atoms with Crippen molar-refractivity contribution in [3.63, 3.8) is 0 Å². The molecule has 1 heterocycles. The highest BCUT2D eigenvalue weighted by molar-refractivity contribution is 6.10. The first-order valence-electron chi connectivity index (χ1n) is 18.5. The Morgan fingerprint density at radius 1 is 0.296 bits per heavy atom. The zero-order valence-corrected chi connectivity index (χ0v) is 29.7. The summed E-state index contributed by atoms with van der Waals surface area (Å²) >= 11 is 0. The molecular weight excluding hydrogens is 653 g/mol. The van der Waals surface area contributed by atoms with E-state index < -0.39 is 0 Å². The molecule has 0 aliphatic rings. The molecule has 10 aromatic rings. The van der Waals surface area contributed by atoms with Gasteiger partial charge in [0.05, 0.1) is 16.7 Å². The van der Waals surface area contributed by atoms with E-state index in [-0.39, 0.29) is 0 Å². The highest BCUT2D eigenvalue weighted by Gasteiger charge is 2.16. The molecule has 2 heteroatoms. The van der Waals surface area contributed by atoms with Crippen LogP contribution in [0.15, 0.2) is 218 Å². The summed E-state index contributed by atoms with van der Waals surface area (Å²) in [5.41, 5.74) is 14.3. The van der Waals surface area contributed by atoms with Crippen molar-refractivity contribution in [2.75, 3.05) is 4.90 Å². The van der Waals surface area contributed by atoms with Gasteiger partial charge in [-0.3, -0.25) is 0 Å². The summed E-state index contributed by atoms with van der Waals surface area (Å²) in [4.78, 5) is 2.35. The third-order valence-corrected chi connectivity index (χ3v) is 10.6. The maximum absolute atomic E-state index is 2.36. The second-order valence-electron chi connectivity index (χ2n) is 13.8. The van der Waals surface area contributed by atoms with Crippen LogP contribution in [0.3, 0.4) is 0 Å². The minimum absolute atomic E-state index is 1.12. The number of nitrogens with zero attached hydrogens (tertiary/aromatic N) is 2. The molecule has 0 aliphatic heterocycles. The normalized spacial score (nSPS) is 11.3. The van der Waals surface area contributed by atoms with E-state index in [0.29, 0.717) is 0 Å². The molecule has 0 amide bonds. The Balaban J connectivity index is 0.919. The fourth-order valence-corrected chi connectivity index (χ4v) is 7.93. The van der Waals surface area contributed by atoms with Gasteiger partial charge in [-0.15, -0.1) is 0 Å². The summed E-state index contributed by atoms with van der Waals surface area (Å²) < 4.78 is 2.36. The Labute approximate surface area is 315 Å². The van der Waals surface area contributed by atoms with Gasteiger partial charge in [0.25, 0.3) is 0 Å². The molecule has 0 fully saturated rings. The molecule has 0 bridgehead atoms. The Hall–Kier alpha value is -7.16. The second kappa shape index (κ2) is 13.4. The number of hydrogen-bond donors (Lipinski definition) is 0. The largest absolute Gasteiger partial charge is 0.310 e. The van der Waals surface area contributed by atoms with E-state index in [1.165, 1.54) is 77.3 Å². The number of aromatic nitrogens is 1. The summed E-state index contributed by atoms with van der Waals surface area (Å²) in [6.07, 6.45) is 0. The van der Waals surface area contributed by atoms with Gasteiger partial charge in [0.1, 0.15) is 0 Å². The van der Waals surface area contributed by atoms with E-state index in [4.69, 9.17) is 0 Å². The fourth-order valence-electron chi connectivity index (χ4n) is 7.93.